The fraction of sp³-hybridized carbons (Fsp3) is 0.444. The number of nitrogens with zero attached hydrogens (tertiary/aromatic N) is 3. The Balaban J connectivity index is 1.61. The first-order valence-electron chi connectivity index (χ1n) is 8.34. The minimum atomic E-state index is -0.0694. The third-order valence-electron chi connectivity index (χ3n) is 4.54. The molecule has 0 aliphatic carbocycles. The van der Waals surface area contributed by atoms with Gasteiger partial charge in [0.25, 0.3) is 5.91 Å². The van der Waals surface area contributed by atoms with E-state index in [0.29, 0.717) is 17.2 Å². The Morgan fingerprint density at radius 1 is 1.40 bits per heavy atom. The topological polar surface area (TPSA) is 70.7 Å². The number of ether oxygens (including phenoxy) is 2. The molecule has 25 heavy (non-hydrogen) atoms. The number of nitrogens with one attached hydrogen (secondary N) is 1. The van der Waals surface area contributed by atoms with E-state index in [1.54, 1.807) is 18.1 Å². The fourth-order valence-corrected chi connectivity index (χ4v) is 3.01. The zero-order valence-corrected chi connectivity index (χ0v) is 14.9. The minimum Gasteiger partial charge on any atom is -0.493 e. The van der Waals surface area contributed by atoms with Gasteiger partial charge in [-0.15, -0.1) is 0 Å². The Bertz CT molecular complexity index is 731. The molecule has 7 heteroatoms. The van der Waals surface area contributed by atoms with Gasteiger partial charge in [-0.25, -0.2) is 0 Å². The Kier molecular flexibility index (Phi) is 5.23. The molecule has 0 bridgehead atoms. The summed E-state index contributed by atoms with van der Waals surface area (Å²) in [5.74, 6) is 1.25. The second kappa shape index (κ2) is 7.57. The Labute approximate surface area is 147 Å². The number of likely N-dealkylation sites (N-methyl/N-ethyl adjacent to an activating group) is 2. The van der Waals surface area contributed by atoms with Gasteiger partial charge in [0.1, 0.15) is 6.61 Å². The number of amides is 1. The van der Waals surface area contributed by atoms with Gasteiger partial charge in [0.15, 0.2) is 17.2 Å². The van der Waals surface area contributed by atoms with Crippen molar-refractivity contribution in [2.45, 2.75) is 19.1 Å². The number of carbonyl (C=O) groups is 1. The summed E-state index contributed by atoms with van der Waals surface area (Å²) in [6.45, 7) is 2.20. The van der Waals surface area contributed by atoms with Crippen LogP contribution < -0.4 is 9.47 Å². The predicted molar refractivity (Wildman–Crippen MR) is 93.9 cm³/mol. The highest BCUT2D eigenvalue weighted by Crippen LogP contribution is 2.26. The summed E-state index contributed by atoms with van der Waals surface area (Å²) in [6.07, 6.45) is 0.993. The van der Waals surface area contributed by atoms with Crippen LogP contribution in [-0.2, 0) is 6.61 Å². The molecule has 1 fully saturated rings. The van der Waals surface area contributed by atoms with Crippen LogP contribution in [0.15, 0.2) is 30.3 Å². The molecule has 2 heterocycles. The second-order valence-corrected chi connectivity index (χ2v) is 6.34. The number of methoxy groups -OCH3 is 1. The zero-order chi connectivity index (χ0) is 17.8. The number of aromatic nitrogens is 2. The van der Waals surface area contributed by atoms with Crippen molar-refractivity contribution in [1.29, 1.82) is 0 Å². The molecule has 2 aromatic rings. The summed E-state index contributed by atoms with van der Waals surface area (Å²) >= 11 is 0. The standard InChI is InChI=1S/C18H24N4O3/c1-21-9-8-14(11-21)22(2)18(23)15-10-13(19-20-15)12-25-17-7-5-4-6-16(17)24-3/h4-7,10,14H,8-9,11-12H2,1-3H3,(H,19,20). The lowest BCUT2D eigenvalue weighted by molar-refractivity contribution is 0.0731. The van der Waals surface area contributed by atoms with E-state index < -0.39 is 0 Å². The maximum absolute atomic E-state index is 12.6. The molecule has 1 aromatic carbocycles. The van der Waals surface area contributed by atoms with E-state index in [1.165, 1.54) is 0 Å². The molecular formula is C18H24N4O3. The number of carbonyl (C=O) groups excluding carboxylic acids is 1. The Morgan fingerprint density at radius 3 is 2.84 bits per heavy atom. The number of hydrogen-bond acceptors (Lipinski definition) is 5. The van der Waals surface area contributed by atoms with Gasteiger partial charge in [-0.3, -0.25) is 9.89 Å². The maximum atomic E-state index is 12.6. The van der Waals surface area contributed by atoms with Crippen molar-refractivity contribution < 1.29 is 14.3 Å². The average Bonchev–Trinajstić information content (AvgIpc) is 3.28. The molecule has 1 N–H and O–H groups in total. The van der Waals surface area contributed by atoms with E-state index >= 15 is 0 Å². The molecule has 1 unspecified atom stereocenters. The van der Waals surface area contributed by atoms with E-state index in [2.05, 4.69) is 22.1 Å². The van der Waals surface area contributed by atoms with Gasteiger partial charge in [0, 0.05) is 19.6 Å². The highest BCUT2D eigenvalue weighted by Gasteiger charge is 2.28. The van der Waals surface area contributed by atoms with Gasteiger partial charge in [-0.2, -0.15) is 5.10 Å². The second-order valence-electron chi connectivity index (χ2n) is 6.34. The molecule has 7 nitrogen and oxygen atoms in total. The normalized spacial score (nSPS) is 17.5. The van der Waals surface area contributed by atoms with E-state index in [9.17, 15) is 4.79 Å². The Hall–Kier alpha value is -2.54. The summed E-state index contributed by atoms with van der Waals surface area (Å²) in [4.78, 5) is 16.6. The summed E-state index contributed by atoms with van der Waals surface area (Å²) in [6, 6.07) is 9.42. The van der Waals surface area contributed by atoms with Crippen LogP contribution in [0.5, 0.6) is 11.5 Å². The first-order valence-corrected chi connectivity index (χ1v) is 8.34. The van der Waals surface area contributed by atoms with E-state index in [0.717, 1.165) is 25.2 Å². The molecule has 3 rings (SSSR count). The third kappa shape index (κ3) is 3.93. The van der Waals surface area contributed by atoms with Crippen molar-refractivity contribution in [3.05, 3.63) is 41.7 Å². The smallest absolute Gasteiger partial charge is 0.274 e. The largest absolute Gasteiger partial charge is 0.493 e. The number of rotatable bonds is 6. The molecule has 1 amide bonds. The number of aromatic amines is 1. The van der Waals surface area contributed by atoms with E-state index in [-0.39, 0.29) is 18.6 Å². The van der Waals surface area contributed by atoms with Crippen molar-refractivity contribution in [2.24, 2.45) is 0 Å². The van der Waals surface area contributed by atoms with Crippen molar-refractivity contribution >= 4 is 5.91 Å². The number of H-pyrrole nitrogens is 1. The number of hydrogen-bond donors (Lipinski definition) is 1. The molecule has 1 aromatic heterocycles. The quantitative estimate of drug-likeness (QED) is 0.865. The van der Waals surface area contributed by atoms with Gasteiger partial charge < -0.3 is 19.3 Å². The van der Waals surface area contributed by atoms with Crippen molar-refractivity contribution in [2.75, 3.05) is 34.3 Å². The van der Waals surface area contributed by atoms with E-state index in [1.807, 2.05) is 31.3 Å². The summed E-state index contributed by atoms with van der Waals surface area (Å²) in [7, 11) is 5.51. The SMILES string of the molecule is COc1ccccc1OCc1cc(C(=O)N(C)C2CCN(C)C2)n[nH]1. The molecule has 1 saturated heterocycles. The molecule has 134 valence electrons. The molecule has 0 spiro atoms. The van der Waals surface area contributed by atoms with Gasteiger partial charge in [0.05, 0.1) is 12.8 Å². The van der Waals surface area contributed by atoms with Gasteiger partial charge in [-0.05, 0) is 38.2 Å². The number of likely N-dealkylation sites (tertiary alicyclic amines) is 1. The van der Waals surface area contributed by atoms with Crippen LogP contribution in [0.4, 0.5) is 0 Å². The highest BCUT2D eigenvalue weighted by molar-refractivity contribution is 5.92. The van der Waals surface area contributed by atoms with Gasteiger partial charge in [-0.1, -0.05) is 12.1 Å². The van der Waals surface area contributed by atoms with Crippen LogP contribution in [0.25, 0.3) is 0 Å². The average molecular weight is 344 g/mol. The monoisotopic (exact) mass is 344 g/mol. The lowest BCUT2D eigenvalue weighted by atomic mass is 10.2. The van der Waals surface area contributed by atoms with Crippen LogP contribution in [-0.4, -0.2) is 66.2 Å². The zero-order valence-electron chi connectivity index (χ0n) is 14.9. The first-order chi connectivity index (χ1) is 12.1. The third-order valence-corrected chi connectivity index (χ3v) is 4.54. The first kappa shape index (κ1) is 17.3. The predicted octanol–water partition coefficient (Wildman–Crippen LogP) is 1.77. The molecule has 0 radical (unpaired) electrons. The van der Waals surface area contributed by atoms with Crippen molar-refractivity contribution in [3.63, 3.8) is 0 Å². The number of benzene rings is 1. The Morgan fingerprint density at radius 2 is 2.16 bits per heavy atom. The molecule has 0 saturated carbocycles. The van der Waals surface area contributed by atoms with Crippen LogP contribution in [0.2, 0.25) is 0 Å². The van der Waals surface area contributed by atoms with Crippen molar-refractivity contribution in [1.82, 2.24) is 20.0 Å². The molecule has 1 aliphatic heterocycles. The summed E-state index contributed by atoms with van der Waals surface area (Å²) < 4.78 is 11.0. The van der Waals surface area contributed by atoms with E-state index in [4.69, 9.17) is 9.47 Å². The van der Waals surface area contributed by atoms with Crippen LogP contribution >= 0.6 is 0 Å². The highest BCUT2D eigenvalue weighted by atomic mass is 16.5. The summed E-state index contributed by atoms with van der Waals surface area (Å²) in [5, 5.41) is 7.02. The molecule has 1 atom stereocenters. The summed E-state index contributed by atoms with van der Waals surface area (Å²) in [5.41, 5.74) is 1.15. The lowest BCUT2D eigenvalue weighted by Crippen LogP contribution is -2.38. The number of para-hydroxylation sites is 2. The van der Waals surface area contributed by atoms with Crippen molar-refractivity contribution in [3.8, 4) is 11.5 Å². The molecular weight excluding hydrogens is 320 g/mol. The minimum absolute atomic E-state index is 0.0694. The van der Waals surface area contributed by atoms with Crippen LogP contribution in [0, 0.1) is 0 Å². The van der Waals surface area contributed by atoms with Crippen LogP contribution in [0.1, 0.15) is 22.6 Å². The maximum Gasteiger partial charge on any atom is 0.274 e. The fourth-order valence-electron chi connectivity index (χ4n) is 3.01. The van der Waals surface area contributed by atoms with Gasteiger partial charge in [0.2, 0.25) is 0 Å². The molecule has 1 aliphatic rings. The van der Waals surface area contributed by atoms with Crippen LogP contribution in [0.3, 0.4) is 0 Å². The van der Waals surface area contributed by atoms with Gasteiger partial charge >= 0.3 is 0 Å². The lowest BCUT2D eigenvalue weighted by Gasteiger charge is -2.23.